The van der Waals surface area contributed by atoms with Gasteiger partial charge in [0.05, 0.1) is 0 Å². The van der Waals surface area contributed by atoms with Crippen molar-refractivity contribution in [1.29, 1.82) is 0 Å². The molecule has 36 heavy (non-hydrogen) atoms. The van der Waals surface area contributed by atoms with Crippen molar-refractivity contribution in [1.82, 2.24) is 10.6 Å². The molecule has 0 radical (unpaired) electrons. The summed E-state index contributed by atoms with van der Waals surface area (Å²) in [7, 11) is 0. The van der Waals surface area contributed by atoms with Gasteiger partial charge in [-0.1, -0.05) is 86.0 Å². The summed E-state index contributed by atoms with van der Waals surface area (Å²) < 4.78 is 0. The molecular weight excluding hydrogens is 452 g/mol. The van der Waals surface area contributed by atoms with Gasteiger partial charge in [0.15, 0.2) is 23.8 Å². The Bertz CT molecular complexity index is 620. The SMILES string of the molecule is CCCCCC(/N=C(\N)NC(N)=NCC(CC)CCCC)/N=C(\N)NC(N)=NCC(CC)CCCC. The predicted molar refractivity (Wildman–Crippen MR) is 157 cm³/mol. The largest absolute Gasteiger partial charge is 0.370 e. The Morgan fingerprint density at radius 3 is 1.33 bits per heavy atom. The van der Waals surface area contributed by atoms with Crippen LogP contribution in [0.4, 0.5) is 0 Å². The number of unbranched alkanes of at least 4 members (excludes halogenated alkanes) is 4. The summed E-state index contributed by atoms with van der Waals surface area (Å²) in [6.07, 6.45) is 12.6. The van der Waals surface area contributed by atoms with Gasteiger partial charge < -0.3 is 22.9 Å². The van der Waals surface area contributed by atoms with Crippen molar-refractivity contribution < 1.29 is 0 Å². The topological polar surface area (TPSA) is 178 Å². The minimum absolute atomic E-state index is 0.166. The summed E-state index contributed by atoms with van der Waals surface area (Å²) in [5.74, 6) is 1.90. The second-order valence-electron chi connectivity index (χ2n) is 9.54. The van der Waals surface area contributed by atoms with Gasteiger partial charge >= 0.3 is 0 Å². The van der Waals surface area contributed by atoms with Crippen molar-refractivity contribution in [2.45, 2.75) is 118 Å². The summed E-state index contributed by atoms with van der Waals surface area (Å²) in [6.45, 7) is 12.2. The second-order valence-corrected chi connectivity index (χ2v) is 9.54. The van der Waals surface area contributed by atoms with Crippen LogP contribution in [-0.4, -0.2) is 43.1 Å². The van der Waals surface area contributed by atoms with Crippen molar-refractivity contribution in [2.75, 3.05) is 13.1 Å². The Hall–Kier alpha value is -2.52. The molecule has 210 valence electrons. The maximum atomic E-state index is 6.11. The molecule has 0 aliphatic heterocycles. The molecule has 0 aliphatic rings. The van der Waals surface area contributed by atoms with Gasteiger partial charge in [-0.25, -0.2) is 9.98 Å². The first-order valence-electron chi connectivity index (χ1n) is 14.1. The number of hydrogen-bond acceptors (Lipinski definition) is 4. The van der Waals surface area contributed by atoms with Crippen LogP contribution >= 0.6 is 0 Å². The number of rotatable bonds is 18. The lowest BCUT2D eigenvalue weighted by atomic mass is 10.00. The van der Waals surface area contributed by atoms with E-state index in [2.05, 4.69) is 65.2 Å². The lowest BCUT2D eigenvalue weighted by Gasteiger charge is -2.14. The van der Waals surface area contributed by atoms with Crippen LogP contribution in [-0.2, 0) is 0 Å². The smallest absolute Gasteiger partial charge is 0.197 e. The molecule has 10 N–H and O–H groups in total. The molecular formula is C26H56N10. The van der Waals surface area contributed by atoms with Gasteiger partial charge in [0.2, 0.25) is 0 Å². The van der Waals surface area contributed by atoms with Crippen LogP contribution in [0.5, 0.6) is 0 Å². The van der Waals surface area contributed by atoms with Gasteiger partial charge in [0.25, 0.3) is 0 Å². The highest BCUT2D eigenvalue weighted by atomic mass is 15.2. The Labute approximate surface area is 220 Å². The number of aliphatic imine (C=N–C) groups is 4. The van der Waals surface area contributed by atoms with Crippen LogP contribution in [0, 0.1) is 11.8 Å². The normalized spacial score (nSPS) is 16.0. The van der Waals surface area contributed by atoms with E-state index >= 15 is 0 Å². The number of nitrogens with one attached hydrogen (secondary N) is 2. The second kappa shape index (κ2) is 21.7. The quantitative estimate of drug-likeness (QED) is 0.0932. The molecule has 0 aliphatic carbocycles. The van der Waals surface area contributed by atoms with Crippen molar-refractivity contribution in [3.05, 3.63) is 0 Å². The van der Waals surface area contributed by atoms with Crippen molar-refractivity contribution in [3.63, 3.8) is 0 Å². The Morgan fingerprint density at radius 2 is 0.972 bits per heavy atom. The third-order valence-electron chi connectivity index (χ3n) is 6.28. The lowest BCUT2D eigenvalue weighted by Crippen LogP contribution is -2.44. The average molecular weight is 509 g/mol. The molecule has 0 aromatic heterocycles. The molecule has 0 aromatic rings. The highest BCUT2D eigenvalue weighted by Crippen LogP contribution is 2.13. The van der Waals surface area contributed by atoms with Crippen LogP contribution < -0.4 is 33.6 Å². The fourth-order valence-electron chi connectivity index (χ4n) is 3.75. The zero-order chi connectivity index (χ0) is 27.2. The molecule has 0 rings (SSSR count). The number of hydrogen-bond donors (Lipinski definition) is 6. The number of nitrogens with two attached hydrogens (primary N) is 4. The van der Waals surface area contributed by atoms with E-state index in [1.54, 1.807) is 0 Å². The van der Waals surface area contributed by atoms with E-state index in [0.717, 1.165) is 44.9 Å². The zero-order valence-corrected chi connectivity index (χ0v) is 23.7. The van der Waals surface area contributed by atoms with Gasteiger partial charge in [-0.15, -0.1) is 0 Å². The highest BCUT2D eigenvalue weighted by Gasteiger charge is 2.10. The van der Waals surface area contributed by atoms with E-state index in [9.17, 15) is 0 Å². The average Bonchev–Trinajstić information content (AvgIpc) is 2.84. The summed E-state index contributed by atoms with van der Waals surface area (Å²) in [5.41, 5.74) is 24.3. The van der Waals surface area contributed by atoms with E-state index in [0.29, 0.717) is 31.3 Å². The minimum Gasteiger partial charge on any atom is -0.370 e. The Balaban J connectivity index is 5.17. The van der Waals surface area contributed by atoms with Gasteiger partial charge in [-0.2, -0.15) is 0 Å². The maximum Gasteiger partial charge on any atom is 0.197 e. The molecule has 10 nitrogen and oxygen atoms in total. The standard InChI is InChI=1S/C26H56N10/c1-6-11-14-17-22(33-25(29)35-23(27)31-18-20(9-4)15-12-7-2)34-26(30)36-24(28)32-19-21(10-5)16-13-8-3/h20-22H,6-19H2,1-5H3,(H5,27,29,31,33,35)(H5,28,30,32,34,36). The summed E-state index contributed by atoms with van der Waals surface area (Å²) in [5, 5.41) is 5.77. The molecule has 0 fully saturated rings. The first kappa shape index (κ1) is 33.5. The first-order chi connectivity index (χ1) is 17.3. The van der Waals surface area contributed by atoms with Gasteiger partial charge in [-0.3, -0.25) is 20.6 Å². The monoisotopic (exact) mass is 508 g/mol. The van der Waals surface area contributed by atoms with Crippen LogP contribution in [0.15, 0.2) is 20.0 Å². The molecule has 2 atom stereocenters. The molecule has 0 spiro atoms. The molecule has 0 aromatic carbocycles. The predicted octanol–water partition coefficient (Wildman–Crippen LogP) is 3.76. The van der Waals surface area contributed by atoms with Gasteiger partial charge in [-0.05, 0) is 37.5 Å². The summed E-state index contributed by atoms with van der Waals surface area (Å²) in [4.78, 5) is 17.9. The zero-order valence-electron chi connectivity index (χ0n) is 23.7. The first-order valence-corrected chi connectivity index (χ1v) is 14.1. The molecule has 10 heteroatoms. The Kier molecular flexibility index (Phi) is 20.2. The minimum atomic E-state index is -0.460. The van der Waals surface area contributed by atoms with Crippen LogP contribution in [0.1, 0.15) is 112 Å². The van der Waals surface area contributed by atoms with Crippen molar-refractivity contribution in [3.8, 4) is 0 Å². The lowest BCUT2D eigenvalue weighted by molar-refractivity contribution is 0.462. The van der Waals surface area contributed by atoms with Crippen LogP contribution in [0.3, 0.4) is 0 Å². The molecule has 0 heterocycles. The van der Waals surface area contributed by atoms with Crippen LogP contribution in [0.2, 0.25) is 0 Å². The van der Waals surface area contributed by atoms with E-state index in [4.69, 9.17) is 22.9 Å². The number of guanidine groups is 4. The van der Waals surface area contributed by atoms with Crippen molar-refractivity contribution in [2.24, 2.45) is 54.7 Å². The van der Waals surface area contributed by atoms with Gasteiger partial charge in [0, 0.05) is 13.1 Å². The Morgan fingerprint density at radius 1 is 0.556 bits per heavy atom. The number of nitrogens with zero attached hydrogens (tertiary/aromatic N) is 4. The van der Waals surface area contributed by atoms with Crippen molar-refractivity contribution >= 4 is 23.8 Å². The maximum absolute atomic E-state index is 6.11. The van der Waals surface area contributed by atoms with E-state index < -0.39 is 6.17 Å². The van der Waals surface area contributed by atoms with E-state index in [1.807, 2.05) is 0 Å². The van der Waals surface area contributed by atoms with Crippen LogP contribution in [0.25, 0.3) is 0 Å². The highest BCUT2D eigenvalue weighted by molar-refractivity contribution is 5.98. The molecule has 0 saturated heterocycles. The third kappa shape index (κ3) is 17.8. The molecule has 2 unspecified atom stereocenters. The molecule has 0 amide bonds. The fourth-order valence-corrected chi connectivity index (χ4v) is 3.75. The van der Waals surface area contributed by atoms with Gasteiger partial charge in [0.1, 0.15) is 6.17 Å². The van der Waals surface area contributed by atoms with E-state index in [-0.39, 0.29) is 23.8 Å². The summed E-state index contributed by atoms with van der Waals surface area (Å²) in [6, 6.07) is 0. The summed E-state index contributed by atoms with van der Waals surface area (Å²) >= 11 is 0. The van der Waals surface area contributed by atoms with E-state index in [1.165, 1.54) is 25.7 Å². The third-order valence-corrected chi connectivity index (χ3v) is 6.28. The fraction of sp³-hybridized carbons (Fsp3) is 0.846. The molecule has 0 saturated carbocycles. The molecule has 0 bridgehead atoms.